The van der Waals surface area contributed by atoms with Crippen molar-refractivity contribution in [3.63, 3.8) is 0 Å². The van der Waals surface area contributed by atoms with Gasteiger partial charge in [-0.25, -0.2) is 9.78 Å². The van der Waals surface area contributed by atoms with Gasteiger partial charge in [-0.1, -0.05) is 0 Å². The van der Waals surface area contributed by atoms with Crippen LogP contribution in [0.4, 0.5) is 0 Å². The summed E-state index contributed by atoms with van der Waals surface area (Å²) in [4.78, 5) is 15.0. The highest BCUT2D eigenvalue weighted by Gasteiger charge is 2.20. The zero-order chi connectivity index (χ0) is 16.4. The SMILES string of the molecule is COc1cc(CNC(C)c2nc(C(=O)O)cs2)cc2c1OCO2. The van der Waals surface area contributed by atoms with E-state index in [1.807, 2.05) is 19.1 Å². The van der Waals surface area contributed by atoms with E-state index in [1.165, 1.54) is 11.3 Å². The molecule has 2 aromatic rings. The summed E-state index contributed by atoms with van der Waals surface area (Å²) >= 11 is 1.33. The Bertz CT molecular complexity index is 731. The third kappa shape index (κ3) is 3.22. The van der Waals surface area contributed by atoms with Gasteiger partial charge in [0.25, 0.3) is 0 Å². The predicted molar refractivity (Wildman–Crippen MR) is 83.4 cm³/mol. The molecule has 2 N–H and O–H groups in total. The van der Waals surface area contributed by atoms with Crippen LogP contribution in [0, 0.1) is 0 Å². The number of thiazole rings is 1. The molecule has 1 aliphatic rings. The van der Waals surface area contributed by atoms with Gasteiger partial charge in [-0.05, 0) is 24.6 Å². The van der Waals surface area contributed by atoms with E-state index in [0.29, 0.717) is 23.8 Å². The Balaban J connectivity index is 1.69. The standard InChI is InChI=1S/C15H16N2O5S/c1-8(14-17-10(6-23-14)15(18)19)16-5-9-3-11(20-2)13-12(4-9)21-7-22-13/h3-4,6,8,16H,5,7H2,1-2H3,(H,18,19). The molecule has 122 valence electrons. The maximum Gasteiger partial charge on any atom is 0.355 e. The molecule has 0 saturated carbocycles. The van der Waals surface area contributed by atoms with E-state index in [1.54, 1.807) is 12.5 Å². The van der Waals surface area contributed by atoms with E-state index in [4.69, 9.17) is 19.3 Å². The lowest BCUT2D eigenvalue weighted by Crippen LogP contribution is -2.18. The fraction of sp³-hybridized carbons (Fsp3) is 0.333. The fourth-order valence-corrected chi connectivity index (χ4v) is 3.05. The van der Waals surface area contributed by atoms with Crippen LogP contribution in [-0.2, 0) is 6.54 Å². The lowest BCUT2D eigenvalue weighted by molar-refractivity contribution is 0.0691. The first-order valence-corrected chi connectivity index (χ1v) is 7.85. The van der Waals surface area contributed by atoms with E-state index < -0.39 is 5.97 Å². The quantitative estimate of drug-likeness (QED) is 0.837. The molecular formula is C15H16N2O5S. The molecule has 1 aromatic heterocycles. The monoisotopic (exact) mass is 336 g/mol. The fourth-order valence-electron chi connectivity index (χ4n) is 2.23. The molecule has 3 rings (SSSR count). The summed E-state index contributed by atoms with van der Waals surface area (Å²) < 4.78 is 16.1. The molecule has 0 amide bonds. The van der Waals surface area contributed by atoms with Crippen LogP contribution in [0.25, 0.3) is 0 Å². The minimum absolute atomic E-state index is 0.0653. The van der Waals surface area contributed by atoms with E-state index in [9.17, 15) is 4.79 Å². The van der Waals surface area contributed by atoms with Gasteiger partial charge in [-0.2, -0.15) is 0 Å². The molecule has 0 spiro atoms. The lowest BCUT2D eigenvalue weighted by Gasteiger charge is -2.13. The third-order valence-corrected chi connectivity index (χ3v) is 4.47. The summed E-state index contributed by atoms with van der Waals surface area (Å²) in [5, 5.41) is 14.5. The molecule has 8 heteroatoms. The number of nitrogens with zero attached hydrogens (tertiary/aromatic N) is 1. The first kappa shape index (κ1) is 15.6. The highest BCUT2D eigenvalue weighted by molar-refractivity contribution is 7.09. The molecule has 1 aromatic carbocycles. The maximum atomic E-state index is 10.9. The number of methoxy groups -OCH3 is 1. The Labute approximate surface area is 136 Å². The average molecular weight is 336 g/mol. The molecule has 1 aliphatic heterocycles. The molecule has 0 bridgehead atoms. The Morgan fingerprint density at radius 3 is 3.04 bits per heavy atom. The minimum Gasteiger partial charge on any atom is -0.493 e. The molecule has 0 saturated heterocycles. The number of rotatable bonds is 6. The number of carboxylic acids is 1. The number of nitrogens with one attached hydrogen (secondary N) is 1. The Hall–Kier alpha value is -2.32. The van der Waals surface area contributed by atoms with Crippen LogP contribution in [0.2, 0.25) is 0 Å². The van der Waals surface area contributed by atoms with Crippen molar-refractivity contribution in [1.82, 2.24) is 10.3 Å². The topological polar surface area (TPSA) is 89.9 Å². The van der Waals surface area contributed by atoms with Crippen molar-refractivity contribution in [1.29, 1.82) is 0 Å². The second-order valence-electron chi connectivity index (χ2n) is 5.01. The van der Waals surface area contributed by atoms with Crippen molar-refractivity contribution in [2.24, 2.45) is 0 Å². The lowest BCUT2D eigenvalue weighted by atomic mass is 10.1. The van der Waals surface area contributed by atoms with E-state index in [-0.39, 0.29) is 18.5 Å². The van der Waals surface area contributed by atoms with Gasteiger partial charge in [0.1, 0.15) is 5.01 Å². The molecule has 0 aliphatic carbocycles. The molecule has 7 nitrogen and oxygen atoms in total. The predicted octanol–water partition coefficient (Wildman–Crippen LogP) is 2.43. The van der Waals surface area contributed by atoms with Crippen LogP contribution < -0.4 is 19.5 Å². The summed E-state index contributed by atoms with van der Waals surface area (Å²) in [6.45, 7) is 2.70. The van der Waals surface area contributed by atoms with Crippen LogP contribution in [-0.4, -0.2) is 30.0 Å². The van der Waals surface area contributed by atoms with Crippen LogP contribution >= 0.6 is 11.3 Å². The Morgan fingerprint density at radius 1 is 1.52 bits per heavy atom. The number of ether oxygens (including phenoxy) is 3. The largest absolute Gasteiger partial charge is 0.493 e. The maximum absolute atomic E-state index is 10.9. The van der Waals surface area contributed by atoms with Crippen molar-refractivity contribution < 1.29 is 24.1 Å². The van der Waals surface area contributed by atoms with Crippen LogP contribution in [0.3, 0.4) is 0 Å². The van der Waals surface area contributed by atoms with E-state index >= 15 is 0 Å². The minimum atomic E-state index is -1.01. The Morgan fingerprint density at radius 2 is 2.35 bits per heavy atom. The molecule has 2 heterocycles. The third-order valence-electron chi connectivity index (χ3n) is 3.44. The number of aromatic carboxylic acids is 1. The zero-order valence-electron chi connectivity index (χ0n) is 12.7. The van der Waals surface area contributed by atoms with Crippen molar-refractivity contribution in [2.75, 3.05) is 13.9 Å². The highest BCUT2D eigenvalue weighted by Crippen LogP contribution is 2.41. The van der Waals surface area contributed by atoms with Gasteiger partial charge in [0.2, 0.25) is 12.5 Å². The first-order valence-electron chi connectivity index (χ1n) is 6.97. The second kappa shape index (κ2) is 6.43. The van der Waals surface area contributed by atoms with Gasteiger partial charge in [0.15, 0.2) is 17.2 Å². The average Bonchev–Trinajstić information content (AvgIpc) is 3.20. The second-order valence-corrected chi connectivity index (χ2v) is 5.90. The summed E-state index contributed by atoms with van der Waals surface area (Å²) in [7, 11) is 1.58. The van der Waals surface area contributed by atoms with Gasteiger partial charge >= 0.3 is 5.97 Å². The van der Waals surface area contributed by atoms with E-state index in [0.717, 1.165) is 10.6 Å². The van der Waals surface area contributed by atoms with Gasteiger partial charge in [-0.3, -0.25) is 0 Å². The molecule has 1 atom stereocenters. The summed E-state index contributed by atoms with van der Waals surface area (Å²) in [6, 6.07) is 3.72. The van der Waals surface area contributed by atoms with Gasteiger partial charge in [0, 0.05) is 11.9 Å². The molecule has 0 radical (unpaired) electrons. The van der Waals surface area contributed by atoms with Gasteiger partial charge < -0.3 is 24.6 Å². The smallest absolute Gasteiger partial charge is 0.355 e. The first-order chi connectivity index (χ1) is 11.1. The van der Waals surface area contributed by atoms with Gasteiger partial charge in [0.05, 0.1) is 13.2 Å². The Kier molecular flexibility index (Phi) is 4.35. The molecule has 0 fully saturated rings. The summed E-state index contributed by atoms with van der Waals surface area (Å²) in [6.07, 6.45) is 0. The zero-order valence-corrected chi connectivity index (χ0v) is 13.5. The van der Waals surface area contributed by atoms with E-state index in [2.05, 4.69) is 10.3 Å². The normalized spacial score (nSPS) is 13.8. The summed E-state index contributed by atoms with van der Waals surface area (Å²) in [5.74, 6) is 0.901. The van der Waals surface area contributed by atoms with Crippen LogP contribution in [0.1, 0.15) is 34.0 Å². The van der Waals surface area contributed by atoms with Crippen LogP contribution in [0.15, 0.2) is 17.5 Å². The molecule has 23 heavy (non-hydrogen) atoms. The van der Waals surface area contributed by atoms with Crippen molar-refractivity contribution in [3.8, 4) is 17.2 Å². The van der Waals surface area contributed by atoms with Crippen LogP contribution in [0.5, 0.6) is 17.2 Å². The number of aromatic nitrogens is 1. The number of carbonyl (C=O) groups is 1. The van der Waals surface area contributed by atoms with Crippen molar-refractivity contribution in [2.45, 2.75) is 19.5 Å². The number of hydrogen-bond acceptors (Lipinski definition) is 7. The molecule has 1 unspecified atom stereocenters. The van der Waals surface area contributed by atoms with Crippen molar-refractivity contribution >= 4 is 17.3 Å². The highest BCUT2D eigenvalue weighted by atomic mass is 32.1. The number of benzene rings is 1. The number of carboxylic acid groups (broad SMARTS) is 1. The van der Waals surface area contributed by atoms with Crippen molar-refractivity contribution in [3.05, 3.63) is 33.8 Å². The van der Waals surface area contributed by atoms with Gasteiger partial charge in [-0.15, -0.1) is 11.3 Å². The molecular weight excluding hydrogens is 320 g/mol. The number of fused-ring (bicyclic) bond motifs is 1. The number of hydrogen-bond donors (Lipinski definition) is 2. The summed E-state index contributed by atoms with van der Waals surface area (Å²) in [5.41, 5.74) is 1.05.